The van der Waals surface area contributed by atoms with Gasteiger partial charge >= 0.3 is 0 Å². The lowest BCUT2D eigenvalue weighted by Crippen LogP contribution is -2.32. The summed E-state index contributed by atoms with van der Waals surface area (Å²) in [5.74, 6) is 0.928. The van der Waals surface area contributed by atoms with Crippen LogP contribution < -0.4 is 5.32 Å². The van der Waals surface area contributed by atoms with Gasteiger partial charge in [0.15, 0.2) is 11.0 Å². The molecule has 1 atom stereocenters. The average molecular weight is 443 g/mol. The predicted molar refractivity (Wildman–Crippen MR) is 119 cm³/mol. The molecule has 0 radical (unpaired) electrons. The Hall–Kier alpha value is -2.35. The van der Waals surface area contributed by atoms with Crippen LogP contribution in [0.25, 0.3) is 17.1 Å². The fourth-order valence-corrected chi connectivity index (χ4v) is 4.20. The van der Waals surface area contributed by atoms with E-state index in [1.54, 1.807) is 0 Å². The number of thioether (sulfide) groups is 1. The van der Waals surface area contributed by atoms with E-state index in [4.69, 9.17) is 16.3 Å². The molecular formula is C22H23ClN4O2S. The number of carbonyl (C=O) groups is 1. The molecule has 4 rings (SSSR count). The van der Waals surface area contributed by atoms with Crippen molar-refractivity contribution in [2.75, 3.05) is 18.9 Å². The molecule has 1 N–H and O–H groups in total. The molecule has 1 fully saturated rings. The van der Waals surface area contributed by atoms with E-state index in [-0.39, 0.29) is 17.8 Å². The van der Waals surface area contributed by atoms with Gasteiger partial charge in [-0.2, -0.15) is 0 Å². The molecule has 1 aliphatic rings. The molecule has 3 aromatic rings. The average Bonchev–Trinajstić information content (AvgIpc) is 3.42. The van der Waals surface area contributed by atoms with Crippen molar-refractivity contribution >= 4 is 29.3 Å². The minimum absolute atomic E-state index is 0.0398. The van der Waals surface area contributed by atoms with Gasteiger partial charge < -0.3 is 10.1 Å². The number of aryl methyl sites for hydroxylation is 1. The van der Waals surface area contributed by atoms with Crippen LogP contribution in [0.2, 0.25) is 5.02 Å². The lowest BCUT2D eigenvalue weighted by Gasteiger charge is -2.12. The third-order valence-corrected chi connectivity index (χ3v) is 6.09. The molecular weight excluding hydrogens is 420 g/mol. The Labute approximate surface area is 185 Å². The Morgan fingerprint density at radius 2 is 1.97 bits per heavy atom. The number of rotatable bonds is 7. The van der Waals surface area contributed by atoms with E-state index in [0.717, 1.165) is 30.7 Å². The molecule has 0 unspecified atom stereocenters. The number of hydrogen-bond donors (Lipinski definition) is 1. The maximum absolute atomic E-state index is 12.3. The molecule has 6 nitrogen and oxygen atoms in total. The van der Waals surface area contributed by atoms with Gasteiger partial charge in [0, 0.05) is 29.4 Å². The molecule has 0 saturated carbocycles. The molecule has 1 aliphatic heterocycles. The summed E-state index contributed by atoms with van der Waals surface area (Å²) in [5, 5.41) is 13.0. The predicted octanol–water partition coefficient (Wildman–Crippen LogP) is 4.28. The first kappa shape index (κ1) is 20.9. The van der Waals surface area contributed by atoms with Crippen molar-refractivity contribution in [2.24, 2.45) is 0 Å². The van der Waals surface area contributed by atoms with Gasteiger partial charge in [0.2, 0.25) is 5.91 Å². The highest BCUT2D eigenvalue weighted by atomic mass is 35.5. The molecule has 2 heterocycles. The maximum atomic E-state index is 12.3. The quantitative estimate of drug-likeness (QED) is 0.553. The van der Waals surface area contributed by atoms with Crippen LogP contribution in [0.15, 0.2) is 53.7 Å². The lowest BCUT2D eigenvalue weighted by atomic mass is 10.2. The van der Waals surface area contributed by atoms with Crippen LogP contribution >= 0.6 is 23.4 Å². The summed E-state index contributed by atoms with van der Waals surface area (Å²) >= 11 is 7.41. The highest BCUT2D eigenvalue weighted by Crippen LogP contribution is 2.28. The summed E-state index contributed by atoms with van der Waals surface area (Å²) in [6.07, 6.45) is 2.19. The standard InChI is InChI=1S/C22H23ClN4O2S/c1-15-4-10-18(11-5-15)27-21(16-6-8-17(23)9-7-16)25-26-22(27)30-14-20(28)24-13-19-3-2-12-29-19/h4-11,19H,2-3,12-14H2,1H3,(H,24,28)/t19-/m0/s1. The molecule has 0 aliphatic carbocycles. The van der Waals surface area contributed by atoms with E-state index < -0.39 is 0 Å². The second-order valence-electron chi connectivity index (χ2n) is 7.21. The van der Waals surface area contributed by atoms with Gasteiger partial charge in [0.05, 0.1) is 11.9 Å². The monoisotopic (exact) mass is 442 g/mol. The van der Waals surface area contributed by atoms with Gasteiger partial charge in [-0.1, -0.05) is 41.1 Å². The Bertz CT molecular complexity index is 999. The Morgan fingerprint density at radius 3 is 2.67 bits per heavy atom. The summed E-state index contributed by atoms with van der Waals surface area (Å²) < 4.78 is 7.53. The normalized spacial score (nSPS) is 16.0. The highest BCUT2D eigenvalue weighted by molar-refractivity contribution is 7.99. The number of carbonyl (C=O) groups excluding carboxylic acids is 1. The van der Waals surface area contributed by atoms with Crippen LogP contribution in [0, 0.1) is 6.92 Å². The fourth-order valence-electron chi connectivity index (χ4n) is 3.29. The van der Waals surface area contributed by atoms with E-state index in [0.29, 0.717) is 22.5 Å². The number of benzene rings is 2. The minimum Gasteiger partial charge on any atom is -0.376 e. The Balaban J connectivity index is 1.54. The molecule has 2 aromatic carbocycles. The van der Waals surface area contributed by atoms with Crippen molar-refractivity contribution in [3.63, 3.8) is 0 Å². The summed E-state index contributed by atoms with van der Waals surface area (Å²) in [5.41, 5.74) is 3.02. The number of aromatic nitrogens is 3. The molecule has 30 heavy (non-hydrogen) atoms. The van der Waals surface area contributed by atoms with Gasteiger partial charge in [-0.15, -0.1) is 10.2 Å². The van der Waals surface area contributed by atoms with Crippen LogP contribution in [0.3, 0.4) is 0 Å². The zero-order chi connectivity index (χ0) is 20.9. The molecule has 1 amide bonds. The topological polar surface area (TPSA) is 69.0 Å². The zero-order valence-electron chi connectivity index (χ0n) is 16.7. The van der Waals surface area contributed by atoms with Crippen molar-refractivity contribution in [3.05, 3.63) is 59.1 Å². The van der Waals surface area contributed by atoms with Gasteiger partial charge in [0.1, 0.15) is 0 Å². The van der Waals surface area contributed by atoms with Crippen LogP contribution in [-0.2, 0) is 9.53 Å². The smallest absolute Gasteiger partial charge is 0.230 e. The third kappa shape index (κ3) is 5.03. The van der Waals surface area contributed by atoms with Crippen LogP contribution in [-0.4, -0.2) is 45.7 Å². The van der Waals surface area contributed by atoms with Crippen molar-refractivity contribution in [3.8, 4) is 17.1 Å². The first-order valence-corrected chi connectivity index (χ1v) is 11.3. The first-order chi connectivity index (χ1) is 14.6. The van der Waals surface area contributed by atoms with Crippen LogP contribution in [0.1, 0.15) is 18.4 Å². The van der Waals surface area contributed by atoms with Crippen LogP contribution in [0.4, 0.5) is 0 Å². The third-order valence-electron chi connectivity index (χ3n) is 4.91. The number of ether oxygens (including phenoxy) is 1. The van der Waals surface area contributed by atoms with E-state index in [2.05, 4.69) is 15.5 Å². The van der Waals surface area contributed by atoms with E-state index in [9.17, 15) is 4.79 Å². The summed E-state index contributed by atoms with van der Waals surface area (Å²) in [4.78, 5) is 12.3. The maximum Gasteiger partial charge on any atom is 0.230 e. The van der Waals surface area contributed by atoms with Crippen molar-refractivity contribution in [1.29, 1.82) is 0 Å². The minimum atomic E-state index is -0.0398. The Kier molecular flexibility index (Phi) is 6.72. The van der Waals surface area contributed by atoms with Gasteiger partial charge in [-0.05, 0) is 56.2 Å². The summed E-state index contributed by atoms with van der Waals surface area (Å²) in [7, 11) is 0. The number of nitrogens with zero attached hydrogens (tertiary/aromatic N) is 3. The van der Waals surface area contributed by atoms with E-state index >= 15 is 0 Å². The number of amides is 1. The second kappa shape index (κ2) is 9.64. The van der Waals surface area contributed by atoms with Gasteiger partial charge in [0.25, 0.3) is 0 Å². The zero-order valence-corrected chi connectivity index (χ0v) is 18.2. The fraction of sp³-hybridized carbons (Fsp3) is 0.318. The van der Waals surface area contributed by atoms with Gasteiger partial charge in [-0.3, -0.25) is 9.36 Å². The first-order valence-electron chi connectivity index (χ1n) is 9.89. The lowest BCUT2D eigenvalue weighted by molar-refractivity contribution is -0.119. The van der Waals surface area contributed by atoms with Crippen molar-refractivity contribution in [2.45, 2.75) is 31.0 Å². The number of hydrogen-bond acceptors (Lipinski definition) is 5. The molecule has 1 saturated heterocycles. The van der Waals surface area contributed by atoms with E-state index in [1.807, 2.05) is 60.0 Å². The highest BCUT2D eigenvalue weighted by Gasteiger charge is 2.19. The molecule has 0 spiro atoms. The number of halogens is 1. The molecule has 1 aromatic heterocycles. The van der Waals surface area contributed by atoms with Crippen molar-refractivity contribution in [1.82, 2.24) is 20.1 Å². The second-order valence-corrected chi connectivity index (χ2v) is 8.59. The molecule has 8 heteroatoms. The Morgan fingerprint density at radius 1 is 1.20 bits per heavy atom. The SMILES string of the molecule is Cc1ccc(-n2c(SCC(=O)NC[C@@H]3CCCO3)nnc2-c2ccc(Cl)cc2)cc1. The number of nitrogens with one attached hydrogen (secondary N) is 1. The van der Waals surface area contributed by atoms with Crippen molar-refractivity contribution < 1.29 is 9.53 Å². The largest absolute Gasteiger partial charge is 0.376 e. The van der Waals surface area contributed by atoms with Crippen LogP contribution in [0.5, 0.6) is 0 Å². The van der Waals surface area contributed by atoms with E-state index in [1.165, 1.54) is 17.3 Å². The molecule has 0 bridgehead atoms. The summed E-state index contributed by atoms with van der Waals surface area (Å²) in [6, 6.07) is 15.6. The van der Waals surface area contributed by atoms with Gasteiger partial charge in [-0.25, -0.2) is 0 Å². The summed E-state index contributed by atoms with van der Waals surface area (Å²) in [6.45, 7) is 3.38. The molecule has 156 valence electrons.